The first-order valence-corrected chi connectivity index (χ1v) is 9.27. The van der Waals surface area contributed by atoms with Crippen molar-refractivity contribution in [2.24, 2.45) is 0 Å². The molecule has 0 unspecified atom stereocenters. The predicted molar refractivity (Wildman–Crippen MR) is 79.7 cm³/mol. The average molecular weight is 295 g/mol. The van der Waals surface area contributed by atoms with Crippen molar-refractivity contribution in [1.82, 2.24) is 0 Å². The highest BCUT2D eigenvalue weighted by atomic mass is 32.2. The lowest BCUT2D eigenvalue weighted by molar-refractivity contribution is 0.895. The summed E-state index contributed by atoms with van der Waals surface area (Å²) in [7, 11) is 0. The van der Waals surface area contributed by atoms with E-state index in [1.807, 2.05) is 23.5 Å². The highest BCUT2D eigenvalue weighted by molar-refractivity contribution is 8.04. The van der Waals surface area contributed by atoms with E-state index in [9.17, 15) is 4.79 Å². The van der Waals surface area contributed by atoms with Crippen molar-refractivity contribution >= 4 is 46.2 Å². The lowest BCUT2D eigenvalue weighted by atomic mass is 10.4. The second-order valence-corrected chi connectivity index (χ2v) is 8.38. The Bertz CT molecular complexity index is 311. The van der Waals surface area contributed by atoms with Crippen LogP contribution in [0.5, 0.6) is 0 Å². The third-order valence-corrected chi connectivity index (χ3v) is 7.24. The highest BCUT2D eigenvalue weighted by Crippen LogP contribution is 2.37. The van der Waals surface area contributed by atoms with Crippen molar-refractivity contribution < 1.29 is 0 Å². The van der Waals surface area contributed by atoms with Gasteiger partial charge in [-0.2, -0.15) is 0 Å². The van der Waals surface area contributed by atoms with Gasteiger partial charge < -0.3 is 0 Å². The van der Waals surface area contributed by atoms with E-state index in [2.05, 4.69) is 13.8 Å². The molecule has 1 rings (SSSR count). The van der Waals surface area contributed by atoms with E-state index in [-0.39, 0.29) is 4.06 Å². The minimum absolute atomic E-state index is 0.248. The van der Waals surface area contributed by atoms with Crippen molar-refractivity contribution in [2.45, 2.75) is 47.9 Å². The Labute approximate surface area is 114 Å². The smallest absolute Gasteiger partial charge is 0.265 e. The highest BCUT2D eigenvalue weighted by Gasteiger charge is 2.09. The SMILES string of the molecule is CCCCSc1sc(=O)sc1SCCCC. The number of thioether (sulfide) groups is 2. The molecular formula is C11H18OS4. The Hall–Kier alpha value is 0.550. The van der Waals surface area contributed by atoms with Crippen LogP contribution in [0.2, 0.25) is 0 Å². The number of unbranched alkanes of at least 4 members (excludes halogenated alkanes) is 2. The molecule has 0 aliphatic heterocycles. The monoisotopic (exact) mass is 294 g/mol. The predicted octanol–water partition coefficient (Wildman–Crippen LogP) is 4.95. The molecule has 0 spiro atoms. The molecule has 0 fully saturated rings. The van der Waals surface area contributed by atoms with Crippen LogP contribution in [0, 0.1) is 0 Å². The summed E-state index contributed by atoms with van der Waals surface area (Å²) in [4.78, 5) is 11.4. The molecule has 0 aromatic carbocycles. The van der Waals surface area contributed by atoms with E-state index < -0.39 is 0 Å². The molecule has 0 saturated heterocycles. The topological polar surface area (TPSA) is 17.1 Å². The van der Waals surface area contributed by atoms with E-state index in [1.165, 1.54) is 56.8 Å². The van der Waals surface area contributed by atoms with E-state index >= 15 is 0 Å². The molecule has 92 valence electrons. The van der Waals surface area contributed by atoms with Gasteiger partial charge in [0.2, 0.25) is 0 Å². The average Bonchev–Trinajstić information content (AvgIpc) is 2.60. The van der Waals surface area contributed by atoms with Crippen LogP contribution in [0.1, 0.15) is 39.5 Å². The third-order valence-electron chi connectivity index (χ3n) is 1.98. The fraction of sp³-hybridized carbons (Fsp3) is 0.727. The second kappa shape index (κ2) is 8.61. The summed E-state index contributed by atoms with van der Waals surface area (Å²) in [5.41, 5.74) is 0. The molecule has 16 heavy (non-hydrogen) atoms. The van der Waals surface area contributed by atoms with E-state index in [0.717, 1.165) is 11.5 Å². The van der Waals surface area contributed by atoms with Gasteiger partial charge in [-0.3, -0.25) is 4.79 Å². The first kappa shape index (κ1) is 14.6. The fourth-order valence-electron chi connectivity index (χ4n) is 1.05. The maximum absolute atomic E-state index is 11.4. The van der Waals surface area contributed by atoms with E-state index in [0.29, 0.717) is 0 Å². The minimum atomic E-state index is 0.248. The van der Waals surface area contributed by atoms with Gasteiger partial charge in [0.1, 0.15) is 0 Å². The molecule has 0 saturated carbocycles. The number of hydrogen-bond acceptors (Lipinski definition) is 5. The zero-order chi connectivity index (χ0) is 11.8. The molecular weight excluding hydrogens is 276 g/mol. The van der Waals surface area contributed by atoms with Crippen molar-refractivity contribution in [3.63, 3.8) is 0 Å². The zero-order valence-electron chi connectivity index (χ0n) is 9.78. The van der Waals surface area contributed by atoms with Gasteiger partial charge in [0.05, 0.1) is 8.42 Å². The molecule has 0 aliphatic rings. The van der Waals surface area contributed by atoms with Crippen molar-refractivity contribution in [3.8, 4) is 0 Å². The van der Waals surface area contributed by atoms with Gasteiger partial charge in [-0.1, -0.05) is 49.4 Å². The zero-order valence-corrected chi connectivity index (χ0v) is 13.0. The van der Waals surface area contributed by atoms with E-state index in [4.69, 9.17) is 0 Å². The van der Waals surface area contributed by atoms with Crippen LogP contribution in [0.15, 0.2) is 13.2 Å². The summed E-state index contributed by atoms with van der Waals surface area (Å²) in [6, 6.07) is 0. The largest absolute Gasteiger partial charge is 0.289 e. The van der Waals surface area contributed by atoms with Gasteiger partial charge in [0, 0.05) is 0 Å². The summed E-state index contributed by atoms with van der Waals surface area (Å²) >= 11 is 6.57. The number of rotatable bonds is 8. The number of hydrogen-bond donors (Lipinski definition) is 0. The van der Waals surface area contributed by atoms with Crippen LogP contribution < -0.4 is 4.06 Å². The molecule has 5 heteroatoms. The molecule has 0 bridgehead atoms. The Morgan fingerprint density at radius 2 is 1.38 bits per heavy atom. The normalized spacial score (nSPS) is 10.9. The molecule has 1 aromatic rings. The molecule has 0 aliphatic carbocycles. The quantitative estimate of drug-likeness (QED) is 0.498. The molecule has 1 heterocycles. The van der Waals surface area contributed by atoms with Gasteiger partial charge >= 0.3 is 0 Å². The minimum Gasteiger partial charge on any atom is -0.265 e. The van der Waals surface area contributed by atoms with Crippen LogP contribution in [0.4, 0.5) is 0 Å². The Morgan fingerprint density at radius 1 is 0.938 bits per heavy atom. The summed E-state index contributed by atoms with van der Waals surface area (Å²) in [6.45, 7) is 4.40. The molecule has 1 aromatic heterocycles. The van der Waals surface area contributed by atoms with Gasteiger partial charge in [0.15, 0.2) is 0 Å². The van der Waals surface area contributed by atoms with Gasteiger partial charge in [-0.05, 0) is 24.3 Å². The van der Waals surface area contributed by atoms with Crippen molar-refractivity contribution in [3.05, 3.63) is 8.85 Å². The summed E-state index contributed by atoms with van der Waals surface area (Å²) in [5.74, 6) is 2.29. The third kappa shape index (κ3) is 5.25. The molecule has 1 nitrogen and oxygen atoms in total. The maximum atomic E-state index is 11.4. The molecule has 0 atom stereocenters. The first-order chi connectivity index (χ1) is 7.77. The van der Waals surface area contributed by atoms with Crippen molar-refractivity contribution in [2.75, 3.05) is 11.5 Å². The van der Waals surface area contributed by atoms with Crippen LogP contribution in [-0.4, -0.2) is 11.5 Å². The van der Waals surface area contributed by atoms with Crippen LogP contribution >= 0.6 is 46.2 Å². The summed E-state index contributed by atoms with van der Waals surface area (Å²) in [6.07, 6.45) is 4.93. The Balaban J connectivity index is 2.50. The van der Waals surface area contributed by atoms with E-state index in [1.54, 1.807) is 0 Å². The Morgan fingerprint density at radius 3 is 1.75 bits per heavy atom. The Kier molecular flexibility index (Phi) is 7.87. The van der Waals surface area contributed by atoms with Gasteiger partial charge in [-0.15, -0.1) is 23.5 Å². The lowest BCUT2D eigenvalue weighted by Crippen LogP contribution is -1.79. The molecule has 0 amide bonds. The van der Waals surface area contributed by atoms with Crippen LogP contribution in [0.3, 0.4) is 0 Å². The summed E-state index contributed by atoms with van der Waals surface area (Å²) < 4.78 is 2.76. The molecule has 0 radical (unpaired) electrons. The van der Waals surface area contributed by atoms with Crippen LogP contribution in [-0.2, 0) is 0 Å². The second-order valence-electron chi connectivity index (χ2n) is 3.43. The van der Waals surface area contributed by atoms with Gasteiger partial charge in [0.25, 0.3) is 4.06 Å². The van der Waals surface area contributed by atoms with Gasteiger partial charge in [-0.25, -0.2) is 0 Å². The standard InChI is InChI=1S/C11H18OS4/c1-3-5-7-13-9-10(14-8-6-4-2)16-11(12)15-9/h3-8H2,1-2H3. The van der Waals surface area contributed by atoms with Crippen molar-refractivity contribution in [1.29, 1.82) is 0 Å². The maximum Gasteiger partial charge on any atom is 0.289 e. The first-order valence-electron chi connectivity index (χ1n) is 5.67. The fourth-order valence-corrected chi connectivity index (χ4v) is 6.61. The summed E-state index contributed by atoms with van der Waals surface area (Å²) in [5, 5.41) is 0. The van der Waals surface area contributed by atoms with Crippen LogP contribution in [0.25, 0.3) is 0 Å². The molecule has 0 N–H and O–H groups in total. The lowest BCUT2D eigenvalue weighted by Gasteiger charge is -2.01.